The van der Waals surface area contributed by atoms with Gasteiger partial charge in [0.1, 0.15) is 24.3 Å². The van der Waals surface area contributed by atoms with Crippen LogP contribution in [-0.4, -0.2) is 41.2 Å². The van der Waals surface area contributed by atoms with Crippen molar-refractivity contribution in [1.29, 1.82) is 0 Å². The van der Waals surface area contributed by atoms with Crippen molar-refractivity contribution in [2.45, 2.75) is 31.2 Å². The van der Waals surface area contributed by atoms with Crippen molar-refractivity contribution >= 4 is 29.3 Å². The zero-order valence-electron chi connectivity index (χ0n) is 18.7. The van der Waals surface area contributed by atoms with Gasteiger partial charge >= 0.3 is 5.97 Å². The molecule has 1 aliphatic carbocycles. The number of benzene rings is 2. The zero-order valence-corrected chi connectivity index (χ0v) is 19.5. The number of nitrogens with one attached hydrogen (secondary N) is 1. The number of amides is 1. The summed E-state index contributed by atoms with van der Waals surface area (Å²) < 4.78 is 18.6. The third-order valence-corrected chi connectivity index (χ3v) is 6.60. The van der Waals surface area contributed by atoms with Gasteiger partial charge in [0, 0.05) is 6.20 Å². The van der Waals surface area contributed by atoms with E-state index in [2.05, 4.69) is 10.3 Å². The number of rotatable bonds is 8. The lowest BCUT2D eigenvalue weighted by Gasteiger charge is -2.40. The first kappa shape index (κ1) is 23.1. The third kappa shape index (κ3) is 4.79. The van der Waals surface area contributed by atoms with Crippen LogP contribution in [0.5, 0.6) is 5.75 Å². The number of carboxylic acids is 1. The minimum Gasteiger partial charge on any atom is -0.487 e. The number of aromatic carboxylic acids is 1. The molecule has 2 fully saturated rings. The van der Waals surface area contributed by atoms with Crippen LogP contribution in [0.25, 0.3) is 0 Å². The van der Waals surface area contributed by atoms with Crippen LogP contribution < -0.4 is 15.0 Å². The lowest BCUT2D eigenvalue weighted by molar-refractivity contribution is 0.0696. The van der Waals surface area contributed by atoms with Crippen molar-refractivity contribution in [3.05, 3.63) is 88.1 Å². The van der Waals surface area contributed by atoms with Gasteiger partial charge in [-0.1, -0.05) is 35.9 Å². The van der Waals surface area contributed by atoms with Gasteiger partial charge in [-0.25, -0.2) is 14.2 Å². The Kier molecular flexibility index (Phi) is 6.06. The van der Waals surface area contributed by atoms with E-state index in [0.717, 1.165) is 18.4 Å². The second kappa shape index (κ2) is 9.19. The summed E-state index contributed by atoms with van der Waals surface area (Å²) in [5.74, 6) is -0.0929. The number of hydrogen-bond donors (Lipinski definition) is 2. The summed E-state index contributed by atoms with van der Waals surface area (Å²) in [6.45, 7) is 0.572. The molecule has 2 aromatic carbocycles. The maximum atomic E-state index is 13.3. The Hall–Kier alpha value is -3.65. The van der Waals surface area contributed by atoms with Crippen LogP contribution in [0.2, 0.25) is 5.02 Å². The van der Waals surface area contributed by atoms with Crippen LogP contribution in [0.1, 0.15) is 44.7 Å². The summed E-state index contributed by atoms with van der Waals surface area (Å²) in [6.07, 6.45) is 2.95. The minimum atomic E-state index is -0.992. The molecule has 7 nitrogen and oxygen atoms in total. The summed E-state index contributed by atoms with van der Waals surface area (Å²) in [7, 11) is 0. The molecule has 180 valence electrons. The molecular weight excluding hydrogens is 473 g/mol. The van der Waals surface area contributed by atoms with Crippen LogP contribution in [0.3, 0.4) is 0 Å². The quantitative estimate of drug-likeness (QED) is 0.475. The Morgan fingerprint density at radius 2 is 1.83 bits per heavy atom. The molecule has 2 N–H and O–H groups in total. The first-order chi connectivity index (χ1) is 16.9. The highest BCUT2D eigenvalue weighted by Crippen LogP contribution is 2.46. The zero-order chi connectivity index (χ0) is 24.6. The van der Waals surface area contributed by atoms with E-state index in [9.17, 15) is 14.0 Å². The van der Waals surface area contributed by atoms with E-state index in [4.69, 9.17) is 21.4 Å². The van der Waals surface area contributed by atoms with Gasteiger partial charge < -0.3 is 20.1 Å². The Morgan fingerprint density at radius 3 is 2.43 bits per heavy atom. The fraction of sp³-hybridized carbons (Fsp3) is 0.269. The second-order valence-electron chi connectivity index (χ2n) is 8.87. The highest BCUT2D eigenvalue weighted by Gasteiger charge is 2.46. The summed E-state index contributed by atoms with van der Waals surface area (Å²) in [5.41, 5.74) is 1.50. The third-order valence-electron chi connectivity index (χ3n) is 6.39. The molecule has 1 aliphatic heterocycles. The van der Waals surface area contributed by atoms with Gasteiger partial charge in [-0.3, -0.25) is 4.79 Å². The Morgan fingerprint density at radius 1 is 1.14 bits per heavy atom. The maximum absolute atomic E-state index is 13.3. The molecule has 35 heavy (non-hydrogen) atoms. The van der Waals surface area contributed by atoms with E-state index >= 15 is 0 Å². The van der Waals surface area contributed by atoms with Crippen molar-refractivity contribution in [3.63, 3.8) is 0 Å². The number of carbonyl (C=O) groups is 2. The van der Waals surface area contributed by atoms with Crippen molar-refractivity contribution in [2.24, 2.45) is 0 Å². The van der Waals surface area contributed by atoms with Gasteiger partial charge in [0.2, 0.25) is 0 Å². The average molecular weight is 496 g/mol. The average Bonchev–Trinajstić information content (AvgIpc) is 3.62. The van der Waals surface area contributed by atoms with Crippen molar-refractivity contribution in [3.8, 4) is 5.75 Å². The Balaban J connectivity index is 1.27. The van der Waals surface area contributed by atoms with Crippen LogP contribution in [0.4, 0.5) is 10.2 Å². The number of alkyl halides is 1. The van der Waals surface area contributed by atoms with Gasteiger partial charge in [0.25, 0.3) is 5.91 Å². The minimum absolute atomic E-state index is 0.0814. The first-order valence-electron chi connectivity index (χ1n) is 11.3. The highest BCUT2D eigenvalue weighted by molar-refractivity contribution is 6.31. The maximum Gasteiger partial charge on any atom is 0.335 e. The van der Waals surface area contributed by atoms with Crippen LogP contribution >= 0.6 is 11.6 Å². The fourth-order valence-corrected chi connectivity index (χ4v) is 4.37. The molecule has 0 radical (unpaired) electrons. The molecule has 2 aliphatic rings. The predicted octanol–water partition coefficient (Wildman–Crippen LogP) is 4.59. The summed E-state index contributed by atoms with van der Waals surface area (Å²) in [4.78, 5) is 30.8. The molecule has 1 saturated heterocycles. The number of pyridine rings is 1. The van der Waals surface area contributed by atoms with Crippen LogP contribution in [0.15, 0.2) is 60.8 Å². The predicted molar refractivity (Wildman–Crippen MR) is 129 cm³/mol. The summed E-state index contributed by atoms with van der Waals surface area (Å²) >= 11 is 6.17. The molecule has 0 atom stereocenters. The monoisotopic (exact) mass is 495 g/mol. The van der Waals surface area contributed by atoms with Crippen molar-refractivity contribution in [2.75, 3.05) is 18.0 Å². The molecule has 1 aromatic heterocycles. The van der Waals surface area contributed by atoms with Crippen LogP contribution in [-0.2, 0) is 12.2 Å². The topological polar surface area (TPSA) is 91.8 Å². The van der Waals surface area contributed by atoms with E-state index in [0.29, 0.717) is 40.8 Å². The van der Waals surface area contributed by atoms with Gasteiger partial charge in [-0.05, 0) is 54.3 Å². The molecule has 0 spiro atoms. The molecule has 0 unspecified atom stereocenters. The normalized spacial score (nSPS) is 16.3. The largest absolute Gasteiger partial charge is 0.487 e. The summed E-state index contributed by atoms with van der Waals surface area (Å²) in [6, 6.07) is 15.0. The number of nitrogens with zero attached hydrogens (tertiary/aromatic N) is 2. The number of carboxylic acid groups (broad SMARTS) is 1. The number of ether oxygens (including phenoxy) is 1. The molecule has 1 saturated carbocycles. The number of hydrogen-bond acceptors (Lipinski definition) is 5. The fourth-order valence-electron chi connectivity index (χ4n) is 4.21. The van der Waals surface area contributed by atoms with E-state index in [1.165, 1.54) is 6.20 Å². The molecule has 5 rings (SSSR count). The van der Waals surface area contributed by atoms with Crippen molar-refractivity contribution < 1.29 is 23.8 Å². The number of aromatic nitrogens is 1. The summed E-state index contributed by atoms with van der Waals surface area (Å²) in [5, 5.41) is 12.6. The molecule has 0 bridgehead atoms. The van der Waals surface area contributed by atoms with Gasteiger partial charge in [0.15, 0.2) is 0 Å². The van der Waals surface area contributed by atoms with E-state index in [1.807, 2.05) is 4.90 Å². The highest BCUT2D eigenvalue weighted by atomic mass is 35.5. The Bertz CT molecular complexity index is 1260. The molecule has 1 amide bonds. The SMILES string of the molecule is O=C(O)c1ccc(C2(NC(=O)c3cc(Cl)cnc3N3CC(Oc4ccc(CF)cc4)C3)CC2)cc1. The standard InChI is InChI=1S/C26H23ClFN3O4/c27-19-11-22(24(32)30-26(9-10-26)18-5-3-17(4-6-18)25(33)34)23(29-13-19)31-14-21(15-31)35-20-7-1-16(12-28)2-8-20/h1-8,11,13,21H,9-10,12,14-15H2,(H,30,32)(H,33,34). The lowest BCUT2D eigenvalue weighted by Crippen LogP contribution is -2.55. The van der Waals surface area contributed by atoms with Gasteiger partial charge in [0.05, 0.1) is 34.8 Å². The second-order valence-corrected chi connectivity index (χ2v) is 9.30. The number of carbonyl (C=O) groups excluding carboxylic acids is 1. The van der Waals surface area contributed by atoms with Crippen molar-refractivity contribution in [1.82, 2.24) is 10.3 Å². The number of anilines is 1. The molecular formula is C26H23ClFN3O4. The number of halogens is 2. The van der Waals surface area contributed by atoms with Crippen LogP contribution in [0, 0.1) is 0 Å². The molecule has 9 heteroatoms. The van der Waals surface area contributed by atoms with E-state index < -0.39 is 18.2 Å². The molecule has 3 aromatic rings. The first-order valence-corrected chi connectivity index (χ1v) is 11.6. The Labute approximate surface area is 206 Å². The molecule has 2 heterocycles. The lowest BCUT2D eigenvalue weighted by atomic mass is 10.0. The van der Waals surface area contributed by atoms with E-state index in [-0.39, 0.29) is 17.6 Å². The smallest absolute Gasteiger partial charge is 0.335 e. The van der Waals surface area contributed by atoms with Gasteiger partial charge in [-0.2, -0.15) is 0 Å². The van der Waals surface area contributed by atoms with E-state index in [1.54, 1.807) is 54.6 Å². The van der Waals surface area contributed by atoms with Gasteiger partial charge in [-0.15, -0.1) is 0 Å².